The summed E-state index contributed by atoms with van der Waals surface area (Å²) in [5.41, 5.74) is 4.71. The van der Waals surface area contributed by atoms with Crippen LogP contribution in [0.5, 0.6) is 0 Å². The monoisotopic (exact) mass is 264 g/mol. The molecule has 1 atom stereocenters. The largest absolute Gasteiger partial charge is 0.378 e. The molecule has 2 heterocycles. The van der Waals surface area contributed by atoms with Gasteiger partial charge in [0.1, 0.15) is 11.6 Å². The van der Waals surface area contributed by atoms with Crippen LogP contribution in [0.2, 0.25) is 0 Å². The Morgan fingerprint density at radius 1 is 1.58 bits per heavy atom. The minimum absolute atomic E-state index is 0.196. The zero-order chi connectivity index (χ0) is 14.0. The van der Waals surface area contributed by atoms with Crippen LogP contribution in [0, 0.1) is 6.92 Å². The number of hydrogen-bond donors (Lipinski definition) is 2. The standard InChI is InChI=1S/C13H20N4O2/c1-3-10-15-9(2)7-11(16-10)17-6-4-5-13(19,8-17)12(14)18/h7,19H,3-6,8H2,1-2H3,(H2,14,18). The van der Waals surface area contributed by atoms with Gasteiger partial charge in [0.25, 0.3) is 5.91 Å². The lowest BCUT2D eigenvalue weighted by atomic mass is 9.92. The fraction of sp³-hybridized carbons (Fsp3) is 0.615. The van der Waals surface area contributed by atoms with E-state index < -0.39 is 11.5 Å². The summed E-state index contributed by atoms with van der Waals surface area (Å²) in [7, 11) is 0. The lowest BCUT2D eigenvalue weighted by molar-refractivity contribution is -0.137. The maximum atomic E-state index is 11.4. The number of carbonyl (C=O) groups excluding carboxylic acids is 1. The molecule has 6 nitrogen and oxygen atoms in total. The smallest absolute Gasteiger partial charge is 0.251 e. The number of β-amino-alcohol motifs (C(OH)–C–C–N with tert-alkyl or cyclic N) is 1. The van der Waals surface area contributed by atoms with Crippen molar-refractivity contribution in [3.8, 4) is 0 Å². The van der Waals surface area contributed by atoms with Crippen molar-refractivity contribution in [2.24, 2.45) is 5.73 Å². The fourth-order valence-corrected chi connectivity index (χ4v) is 2.37. The van der Waals surface area contributed by atoms with E-state index >= 15 is 0 Å². The molecule has 0 radical (unpaired) electrons. The van der Waals surface area contributed by atoms with E-state index in [0.29, 0.717) is 12.8 Å². The van der Waals surface area contributed by atoms with Gasteiger partial charge in [0.15, 0.2) is 5.60 Å². The van der Waals surface area contributed by atoms with Gasteiger partial charge in [0.05, 0.1) is 6.54 Å². The van der Waals surface area contributed by atoms with Crippen LogP contribution in [0.3, 0.4) is 0 Å². The topological polar surface area (TPSA) is 92.3 Å². The van der Waals surface area contributed by atoms with Crippen molar-refractivity contribution in [3.05, 3.63) is 17.6 Å². The van der Waals surface area contributed by atoms with Crippen molar-refractivity contribution in [2.75, 3.05) is 18.0 Å². The highest BCUT2D eigenvalue weighted by molar-refractivity contribution is 5.84. The summed E-state index contributed by atoms with van der Waals surface area (Å²) in [4.78, 5) is 22.0. The molecule has 104 valence electrons. The van der Waals surface area contributed by atoms with Gasteiger partial charge < -0.3 is 15.7 Å². The second kappa shape index (κ2) is 5.13. The second-order valence-corrected chi connectivity index (χ2v) is 5.06. The average molecular weight is 264 g/mol. The van der Waals surface area contributed by atoms with Crippen molar-refractivity contribution in [1.82, 2.24) is 9.97 Å². The lowest BCUT2D eigenvalue weighted by Gasteiger charge is -2.37. The van der Waals surface area contributed by atoms with Crippen LogP contribution in [0.4, 0.5) is 5.82 Å². The Morgan fingerprint density at radius 3 is 2.95 bits per heavy atom. The van der Waals surface area contributed by atoms with Gasteiger partial charge in [0.2, 0.25) is 0 Å². The van der Waals surface area contributed by atoms with Crippen molar-refractivity contribution in [3.63, 3.8) is 0 Å². The number of primary amides is 1. The normalized spacial score (nSPS) is 23.4. The molecule has 1 aliphatic rings. The molecular formula is C13H20N4O2. The first kappa shape index (κ1) is 13.7. The Morgan fingerprint density at radius 2 is 2.32 bits per heavy atom. The van der Waals surface area contributed by atoms with Gasteiger partial charge in [-0.15, -0.1) is 0 Å². The highest BCUT2D eigenvalue weighted by atomic mass is 16.3. The Hall–Kier alpha value is -1.69. The number of piperidine rings is 1. The summed E-state index contributed by atoms with van der Waals surface area (Å²) in [5.74, 6) is 0.852. The Balaban J connectivity index is 2.26. The van der Waals surface area contributed by atoms with Gasteiger partial charge in [-0.1, -0.05) is 6.92 Å². The van der Waals surface area contributed by atoms with Gasteiger partial charge in [0, 0.05) is 24.7 Å². The molecule has 0 aliphatic carbocycles. The molecule has 1 aliphatic heterocycles. The van der Waals surface area contributed by atoms with Crippen molar-refractivity contribution in [2.45, 2.75) is 38.7 Å². The van der Waals surface area contributed by atoms with Gasteiger partial charge in [-0.25, -0.2) is 9.97 Å². The molecule has 1 amide bonds. The van der Waals surface area contributed by atoms with Crippen LogP contribution in [-0.2, 0) is 11.2 Å². The molecule has 0 aromatic carbocycles. The molecule has 1 unspecified atom stereocenters. The Kier molecular flexibility index (Phi) is 3.71. The fourth-order valence-electron chi connectivity index (χ4n) is 2.37. The molecule has 1 aromatic heterocycles. The maximum absolute atomic E-state index is 11.4. The number of aliphatic hydroxyl groups is 1. The number of nitrogens with zero attached hydrogens (tertiary/aromatic N) is 3. The van der Waals surface area contributed by atoms with Crippen molar-refractivity contribution >= 4 is 11.7 Å². The molecule has 1 aromatic rings. The SMILES string of the molecule is CCc1nc(C)cc(N2CCCC(O)(C(N)=O)C2)n1. The van der Waals surface area contributed by atoms with E-state index in [9.17, 15) is 9.90 Å². The first-order chi connectivity index (χ1) is 8.94. The van der Waals surface area contributed by atoms with Crippen LogP contribution in [-0.4, -0.2) is 39.7 Å². The highest BCUT2D eigenvalue weighted by Gasteiger charge is 2.39. The molecule has 2 rings (SSSR count). The summed E-state index contributed by atoms with van der Waals surface area (Å²) in [6, 6.07) is 1.87. The summed E-state index contributed by atoms with van der Waals surface area (Å²) in [5, 5.41) is 10.2. The average Bonchev–Trinajstić information content (AvgIpc) is 2.38. The van der Waals surface area contributed by atoms with Gasteiger partial charge >= 0.3 is 0 Å². The number of amides is 1. The third kappa shape index (κ3) is 2.84. The number of rotatable bonds is 3. The number of nitrogens with two attached hydrogens (primary N) is 1. The van der Waals surface area contributed by atoms with Crippen LogP contribution in [0.1, 0.15) is 31.3 Å². The van der Waals surface area contributed by atoms with Gasteiger partial charge in [-0.3, -0.25) is 4.79 Å². The summed E-state index contributed by atoms with van der Waals surface area (Å²) < 4.78 is 0. The predicted octanol–water partition coefficient (Wildman–Crippen LogP) is 0.164. The highest BCUT2D eigenvalue weighted by Crippen LogP contribution is 2.25. The molecule has 6 heteroatoms. The summed E-state index contributed by atoms with van der Waals surface area (Å²) in [6.45, 7) is 4.86. The zero-order valence-electron chi connectivity index (χ0n) is 11.4. The van der Waals surface area contributed by atoms with E-state index in [1.807, 2.05) is 24.8 Å². The van der Waals surface area contributed by atoms with Gasteiger partial charge in [-0.2, -0.15) is 0 Å². The molecule has 3 N–H and O–H groups in total. The minimum atomic E-state index is -1.45. The quantitative estimate of drug-likeness (QED) is 0.811. The van der Waals surface area contributed by atoms with E-state index in [-0.39, 0.29) is 6.54 Å². The van der Waals surface area contributed by atoms with Crippen molar-refractivity contribution in [1.29, 1.82) is 0 Å². The molecular weight excluding hydrogens is 244 g/mol. The summed E-state index contributed by atoms with van der Waals surface area (Å²) >= 11 is 0. The van der Waals surface area contributed by atoms with E-state index in [0.717, 1.165) is 30.3 Å². The predicted molar refractivity (Wildman–Crippen MR) is 71.7 cm³/mol. The van der Waals surface area contributed by atoms with Crippen LogP contribution in [0.25, 0.3) is 0 Å². The van der Waals surface area contributed by atoms with E-state index in [1.54, 1.807) is 0 Å². The second-order valence-electron chi connectivity index (χ2n) is 5.06. The molecule has 1 saturated heterocycles. The first-order valence-corrected chi connectivity index (χ1v) is 6.56. The summed E-state index contributed by atoms with van der Waals surface area (Å²) in [6.07, 6.45) is 1.87. The Labute approximate surface area is 112 Å². The zero-order valence-corrected chi connectivity index (χ0v) is 11.4. The van der Waals surface area contributed by atoms with E-state index in [2.05, 4.69) is 9.97 Å². The Bertz CT molecular complexity index is 492. The number of carbonyl (C=O) groups is 1. The number of anilines is 1. The van der Waals surface area contributed by atoms with Gasteiger partial charge in [-0.05, 0) is 19.8 Å². The molecule has 0 saturated carbocycles. The maximum Gasteiger partial charge on any atom is 0.251 e. The molecule has 0 spiro atoms. The molecule has 1 fully saturated rings. The van der Waals surface area contributed by atoms with E-state index in [1.165, 1.54) is 0 Å². The van der Waals surface area contributed by atoms with Crippen LogP contribution in [0.15, 0.2) is 6.07 Å². The lowest BCUT2D eigenvalue weighted by Crippen LogP contribution is -2.56. The van der Waals surface area contributed by atoms with Crippen molar-refractivity contribution < 1.29 is 9.90 Å². The number of hydrogen-bond acceptors (Lipinski definition) is 5. The molecule has 19 heavy (non-hydrogen) atoms. The third-order valence-corrected chi connectivity index (χ3v) is 3.46. The number of aryl methyl sites for hydroxylation is 2. The third-order valence-electron chi connectivity index (χ3n) is 3.46. The van der Waals surface area contributed by atoms with Crippen LogP contribution >= 0.6 is 0 Å². The number of aromatic nitrogens is 2. The van der Waals surface area contributed by atoms with E-state index in [4.69, 9.17) is 5.73 Å². The minimum Gasteiger partial charge on any atom is -0.378 e. The molecule has 0 bridgehead atoms. The first-order valence-electron chi connectivity index (χ1n) is 6.56. The van der Waals surface area contributed by atoms with Crippen LogP contribution < -0.4 is 10.6 Å².